The summed E-state index contributed by atoms with van der Waals surface area (Å²) < 4.78 is 0. The van der Waals surface area contributed by atoms with Crippen LogP contribution in [0.5, 0.6) is 0 Å². The Balaban J connectivity index is 3.14. The van der Waals surface area contributed by atoms with Gasteiger partial charge in [-0.3, -0.25) is 0 Å². The van der Waals surface area contributed by atoms with E-state index in [1.54, 1.807) is 6.92 Å². The van der Waals surface area contributed by atoms with Crippen LogP contribution in [-0.4, -0.2) is 22.3 Å². The molecule has 0 aromatic rings. The van der Waals surface area contributed by atoms with Gasteiger partial charge in [0.15, 0.2) is 0 Å². The maximum Gasteiger partial charge on any atom is 0.0788 e. The van der Waals surface area contributed by atoms with Gasteiger partial charge in [0.25, 0.3) is 0 Å². The smallest absolute Gasteiger partial charge is 0.0788 e. The molecule has 1 nitrogen and oxygen atoms in total. The number of hydrogen-bond acceptors (Lipinski definition) is 2. The number of hydrogen-bond donors (Lipinski definition) is 2. The Morgan fingerprint density at radius 1 is 1.86 bits per heavy atom. The Morgan fingerprint density at radius 3 is 2.29 bits per heavy atom. The lowest BCUT2D eigenvalue weighted by molar-refractivity contribution is 0.200. The molecule has 0 radical (unpaired) electrons. The first kappa shape index (κ1) is 7.60. The highest BCUT2D eigenvalue weighted by molar-refractivity contribution is 7.81. The lowest BCUT2D eigenvalue weighted by atomic mass is 10.3. The van der Waals surface area contributed by atoms with Gasteiger partial charge in [-0.25, -0.2) is 0 Å². The van der Waals surface area contributed by atoms with Crippen LogP contribution in [0.3, 0.4) is 0 Å². The molecule has 0 aromatic carbocycles. The van der Waals surface area contributed by atoms with E-state index in [4.69, 9.17) is 16.7 Å². The van der Waals surface area contributed by atoms with Crippen molar-refractivity contribution in [3.05, 3.63) is 0 Å². The summed E-state index contributed by atoms with van der Waals surface area (Å²) in [4.78, 5) is 0. The van der Waals surface area contributed by atoms with Crippen molar-refractivity contribution < 1.29 is 5.11 Å². The van der Waals surface area contributed by atoms with Gasteiger partial charge in [0, 0.05) is 11.1 Å². The van der Waals surface area contributed by atoms with E-state index in [0.717, 1.165) is 0 Å². The third-order valence-corrected chi connectivity index (χ3v) is 1.38. The Bertz CT molecular complexity index is 49.0. The third kappa shape index (κ3) is 3.21. The second kappa shape index (κ2) is 3.58. The van der Waals surface area contributed by atoms with Crippen molar-refractivity contribution in [3.8, 4) is 0 Å². The fourth-order valence-electron chi connectivity index (χ4n) is 0.129. The number of thiol groups is 1. The lowest BCUT2D eigenvalue weighted by Crippen LogP contribution is -2.18. The number of aliphatic hydroxyl groups excluding tert-OH is 1. The van der Waals surface area contributed by atoms with Crippen LogP contribution in [-0.2, 0) is 0 Å². The summed E-state index contributed by atoms with van der Waals surface area (Å²) >= 11 is 9.19. The van der Waals surface area contributed by atoms with Crippen LogP contribution < -0.4 is 0 Å². The van der Waals surface area contributed by atoms with E-state index in [0.29, 0.717) is 0 Å². The van der Waals surface area contributed by atoms with E-state index in [1.165, 1.54) is 0 Å². The van der Waals surface area contributed by atoms with E-state index >= 15 is 0 Å². The molecule has 0 amide bonds. The first-order valence-electron chi connectivity index (χ1n) is 2.10. The second-order valence-electron chi connectivity index (χ2n) is 1.46. The molecule has 1 N–H and O–H groups in total. The van der Waals surface area contributed by atoms with Gasteiger partial charge in [-0.1, -0.05) is 6.92 Å². The van der Waals surface area contributed by atoms with Crippen LogP contribution in [0, 0.1) is 0 Å². The van der Waals surface area contributed by atoms with E-state index in [2.05, 4.69) is 12.6 Å². The minimum atomic E-state index is -0.468. The van der Waals surface area contributed by atoms with E-state index in [1.807, 2.05) is 0 Å². The normalized spacial score (nSPS) is 18.9. The van der Waals surface area contributed by atoms with Crippen LogP contribution in [0.25, 0.3) is 0 Å². The van der Waals surface area contributed by atoms with Crippen molar-refractivity contribution in [3.63, 3.8) is 0 Å². The largest absolute Gasteiger partial charge is 0.391 e. The molecule has 0 heterocycles. The highest BCUT2D eigenvalue weighted by Crippen LogP contribution is 2.00. The summed E-state index contributed by atoms with van der Waals surface area (Å²) in [7, 11) is 0. The second-order valence-corrected chi connectivity index (χ2v) is 2.59. The first-order valence-corrected chi connectivity index (χ1v) is 3.15. The van der Waals surface area contributed by atoms with Gasteiger partial charge in [0.1, 0.15) is 0 Å². The number of alkyl halides is 1. The van der Waals surface area contributed by atoms with Crippen molar-refractivity contribution in [1.29, 1.82) is 0 Å². The number of aliphatic hydroxyl groups is 1. The SMILES string of the molecule is CC(S)C(O)CCl. The summed E-state index contributed by atoms with van der Waals surface area (Å²) in [6, 6.07) is 0. The molecule has 0 rings (SSSR count). The summed E-state index contributed by atoms with van der Waals surface area (Å²) in [5.74, 6) is 0.269. The van der Waals surface area contributed by atoms with Crippen molar-refractivity contribution in [2.75, 3.05) is 5.88 Å². The summed E-state index contributed by atoms with van der Waals surface area (Å²) in [6.45, 7) is 1.80. The van der Waals surface area contributed by atoms with Crippen LogP contribution in [0.1, 0.15) is 6.92 Å². The molecule has 0 aromatic heterocycles. The van der Waals surface area contributed by atoms with Crippen LogP contribution in [0.2, 0.25) is 0 Å². The average Bonchev–Trinajstić information content (AvgIpc) is 1.65. The molecule has 0 saturated heterocycles. The molecule has 0 spiro atoms. The van der Waals surface area contributed by atoms with Gasteiger partial charge in [0.2, 0.25) is 0 Å². The average molecular weight is 141 g/mol. The fraction of sp³-hybridized carbons (Fsp3) is 1.00. The number of halogens is 1. The Labute approximate surface area is 54.1 Å². The predicted molar refractivity (Wildman–Crippen MR) is 35.2 cm³/mol. The van der Waals surface area contributed by atoms with Gasteiger partial charge in [0.05, 0.1) is 6.10 Å². The predicted octanol–water partition coefficient (Wildman–Crippen LogP) is 0.904. The highest BCUT2D eigenvalue weighted by Gasteiger charge is 2.05. The highest BCUT2D eigenvalue weighted by atomic mass is 35.5. The molecule has 0 fully saturated rings. The first-order chi connectivity index (χ1) is 3.18. The van der Waals surface area contributed by atoms with Crippen molar-refractivity contribution in [2.24, 2.45) is 0 Å². The standard InChI is InChI=1S/C4H9ClOS/c1-3(7)4(6)2-5/h3-4,6-7H,2H2,1H3. The molecular weight excluding hydrogens is 132 g/mol. The zero-order valence-electron chi connectivity index (χ0n) is 4.13. The van der Waals surface area contributed by atoms with E-state index in [-0.39, 0.29) is 11.1 Å². The molecule has 0 aliphatic carbocycles. The molecule has 7 heavy (non-hydrogen) atoms. The van der Waals surface area contributed by atoms with Crippen molar-refractivity contribution in [1.82, 2.24) is 0 Å². The zero-order valence-corrected chi connectivity index (χ0v) is 5.78. The minimum Gasteiger partial charge on any atom is -0.391 e. The van der Waals surface area contributed by atoms with Crippen molar-refractivity contribution >= 4 is 24.2 Å². The molecule has 2 atom stereocenters. The molecule has 0 aliphatic heterocycles. The molecule has 0 saturated carbocycles. The van der Waals surface area contributed by atoms with Gasteiger partial charge in [-0.05, 0) is 0 Å². The molecule has 0 aliphatic rings. The summed E-state index contributed by atoms with van der Waals surface area (Å²) in [6.07, 6.45) is -0.468. The van der Waals surface area contributed by atoms with E-state index < -0.39 is 6.10 Å². The molecule has 0 bridgehead atoms. The maximum atomic E-state index is 8.73. The quantitative estimate of drug-likeness (QED) is 0.432. The Kier molecular flexibility index (Phi) is 3.89. The van der Waals surface area contributed by atoms with Gasteiger partial charge >= 0.3 is 0 Å². The minimum absolute atomic E-state index is 0.0162. The van der Waals surface area contributed by atoms with Crippen LogP contribution in [0.15, 0.2) is 0 Å². The maximum absolute atomic E-state index is 8.73. The monoisotopic (exact) mass is 140 g/mol. The molecule has 3 heteroatoms. The fourth-order valence-corrected chi connectivity index (χ4v) is 0.626. The zero-order chi connectivity index (χ0) is 5.86. The van der Waals surface area contributed by atoms with Gasteiger partial charge in [-0.15, -0.1) is 11.6 Å². The Morgan fingerprint density at radius 2 is 2.29 bits per heavy atom. The topological polar surface area (TPSA) is 20.2 Å². The molecule has 44 valence electrons. The lowest BCUT2D eigenvalue weighted by Gasteiger charge is -2.07. The van der Waals surface area contributed by atoms with Crippen LogP contribution >= 0.6 is 24.2 Å². The molecular formula is C4H9ClOS. The van der Waals surface area contributed by atoms with Gasteiger partial charge < -0.3 is 5.11 Å². The molecule has 2 unspecified atom stereocenters. The summed E-state index contributed by atoms with van der Waals surface area (Å²) in [5.41, 5.74) is 0. The van der Waals surface area contributed by atoms with Crippen molar-refractivity contribution in [2.45, 2.75) is 18.3 Å². The summed E-state index contributed by atoms with van der Waals surface area (Å²) in [5, 5.41) is 8.71. The Hall–Kier alpha value is 0.600. The number of rotatable bonds is 2. The van der Waals surface area contributed by atoms with Gasteiger partial charge in [-0.2, -0.15) is 12.6 Å². The third-order valence-electron chi connectivity index (χ3n) is 0.715. The van der Waals surface area contributed by atoms with Crippen LogP contribution in [0.4, 0.5) is 0 Å². The van der Waals surface area contributed by atoms with E-state index in [9.17, 15) is 0 Å².